The molecule has 0 radical (unpaired) electrons. The fraction of sp³-hybridized carbons (Fsp3) is 0.400. The first-order valence-corrected chi connectivity index (χ1v) is 10.9. The van der Waals surface area contributed by atoms with Crippen molar-refractivity contribution in [1.82, 2.24) is 10.6 Å². The van der Waals surface area contributed by atoms with E-state index in [1.807, 2.05) is 50.2 Å². The van der Waals surface area contributed by atoms with Gasteiger partial charge in [0, 0.05) is 18.4 Å². The maximum Gasteiger partial charge on any atom is 0.407 e. The number of aliphatic carboxylic acids is 1. The number of amides is 2. The van der Waals surface area contributed by atoms with Crippen molar-refractivity contribution in [2.24, 2.45) is 5.41 Å². The molecular weight excluding hydrogens is 408 g/mol. The number of nitrogens with one attached hydrogen (secondary N) is 2. The summed E-state index contributed by atoms with van der Waals surface area (Å²) in [6.45, 7) is 4.22. The molecule has 2 aliphatic rings. The first-order chi connectivity index (χ1) is 15.3. The molecule has 2 aromatic carbocycles. The third-order valence-electron chi connectivity index (χ3n) is 6.43. The number of benzene rings is 2. The van der Waals surface area contributed by atoms with Crippen molar-refractivity contribution >= 4 is 18.0 Å². The summed E-state index contributed by atoms with van der Waals surface area (Å²) >= 11 is 0. The van der Waals surface area contributed by atoms with Crippen LogP contribution in [-0.4, -0.2) is 41.8 Å². The Labute approximate surface area is 187 Å². The number of carboxylic acid groups (broad SMARTS) is 1. The maximum atomic E-state index is 12.6. The van der Waals surface area contributed by atoms with Crippen LogP contribution in [0.3, 0.4) is 0 Å². The van der Waals surface area contributed by atoms with E-state index < -0.39 is 18.1 Å². The number of carbonyl (C=O) groups excluding carboxylic acids is 2. The number of carboxylic acids is 1. The Morgan fingerprint density at radius 3 is 2.16 bits per heavy atom. The molecule has 0 saturated heterocycles. The van der Waals surface area contributed by atoms with E-state index in [2.05, 4.69) is 22.8 Å². The van der Waals surface area contributed by atoms with Gasteiger partial charge in [0.1, 0.15) is 12.6 Å². The third-order valence-corrected chi connectivity index (χ3v) is 6.43. The van der Waals surface area contributed by atoms with Gasteiger partial charge in [-0.3, -0.25) is 9.59 Å². The molecule has 0 spiro atoms. The average Bonchev–Trinajstić information content (AvgIpc) is 3.23. The number of alkyl carbamates (subject to hydrolysis) is 1. The van der Waals surface area contributed by atoms with Gasteiger partial charge < -0.3 is 20.5 Å². The number of rotatable bonds is 8. The monoisotopic (exact) mass is 436 g/mol. The summed E-state index contributed by atoms with van der Waals surface area (Å²) in [7, 11) is 0. The fourth-order valence-electron chi connectivity index (χ4n) is 4.30. The Hall–Kier alpha value is -3.35. The van der Waals surface area contributed by atoms with Gasteiger partial charge in [0.15, 0.2) is 0 Å². The van der Waals surface area contributed by atoms with Crippen LogP contribution >= 0.6 is 0 Å². The Morgan fingerprint density at radius 2 is 1.62 bits per heavy atom. The summed E-state index contributed by atoms with van der Waals surface area (Å²) in [5.74, 6) is -1.49. The predicted molar refractivity (Wildman–Crippen MR) is 119 cm³/mol. The van der Waals surface area contributed by atoms with Gasteiger partial charge in [-0.1, -0.05) is 62.4 Å². The summed E-state index contributed by atoms with van der Waals surface area (Å²) in [5, 5.41) is 14.5. The summed E-state index contributed by atoms with van der Waals surface area (Å²) in [6, 6.07) is 15.1. The summed E-state index contributed by atoms with van der Waals surface area (Å²) in [4.78, 5) is 36.2. The highest BCUT2D eigenvalue weighted by Crippen LogP contribution is 2.45. The van der Waals surface area contributed by atoms with Crippen molar-refractivity contribution in [2.75, 3.05) is 6.61 Å². The van der Waals surface area contributed by atoms with Crippen LogP contribution in [0.15, 0.2) is 48.5 Å². The molecule has 7 heteroatoms. The van der Waals surface area contributed by atoms with Crippen molar-refractivity contribution in [2.45, 2.75) is 51.1 Å². The molecule has 0 bridgehead atoms. The number of hydrogen-bond acceptors (Lipinski definition) is 4. The minimum atomic E-state index is -1.02. The molecule has 3 N–H and O–H groups in total. The van der Waals surface area contributed by atoms with Crippen LogP contribution in [0.4, 0.5) is 4.79 Å². The lowest BCUT2D eigenvalue weighted by molar-refractivity contribution is -0.137. The zero-order valence-corrected chi connectivity index (χ0v) is 18.3. The SMILES string of the molecule is CC1(C)CC1NC(=O)C(CCC(=O)O)NC(=O)OCC1c2ccccc2-c2ccccc21. The van der Waals surface area contributed by atoms with Crippen LogP contribution in [0.1, 0.15) is 50.2 Å². The van der Waals surface area contributed by atoms with Gasteiger partial charge in [-0.15, -0.1) is 0 Å². The second-order valence-electron chi connectivity index (χ2n) is 9.21. The predicted octanol–water partition coefficient (Wildman–Crippen LogP) is 3.67. The highest BCUT2D eigenvalue weighted by Gasteiger charge is 2.47. The van der Waals surface area contributed by atoms with Gasteiger partial charge in [-0.25, -0.2) is 4.79 Å². The Kier molecular flexibility index (Phi) is 5.91. The van der Waals surface area contributed by atoms with Crippen LogP contribution in [0.25, 0.3) is 11.1 Å². The van der Waals surface area contributed by atoms with Crippen LogP contribution in [0.5, 0.6) is 0 Å². The molecular formula is C25H28N2O5. The van der Waals surface area contributed by atoms with Crippen LogP contribution < -0.4 is 10.6 Å². The fourth-order valence-corrected chi connectivity index (χ4v) is 4.30. The molecule has 32 heavy (non-hydrogen) atoms. The molecule has 2 aromatic rings. The molecule has 0 aliphatic heterocycles. The van der Waals surface area contributed by atoms with Crippen molar-refractivity contribution in [3.63, 3.8) is 0 Å². The van der Waals surface area contributed by atoms with Gasteiger partial charge in [-0.05, 0) is 40.5 Å². The molecule has 2 unspecified atom stereocenters. The summed E-state index contributed by atoms with van der Waals surface area (Å²) in [5.41, 5.74) is 4.47. The lowest BCUT2D eigenvalue weighted by Crippen LogP contribution is -2.48. The molecule has 1 fully saturated rings. The smallest absolute Gasteiger partial charge is 0.407 e. The summed E-state index contributed by atoms with van der Waals surface area (Å²) < 4.78 is 5.51. The van der Waals surface area contributed by atoms with E-state index >= 15 is 0 Å². The molecule has 2 aliphatic carbocycles. The molecule has 0 aromatic heterocycles. The largest absolute Gasteiger partial charge is 0.481 e. The molecule has 168 valence electrons. The van der Waals surface area contributed by atoms with E-state index in [9.17, 15) is 14.4 Å². The van der Waals surface area contributed by atoms with Gasteiger partial charge >= 0.3 is 12.1 Å². The first-order valence-electron chi connectivity index (χ1n) is 10.9. The highest BCUT2D eigenvalue weighted by molar-refractivity contribution is 5.86. The first kappa shape index (κ1) is 21.9. The molecule has 1 saturated carbocycles. The van der Waals surface area contributed by atoms with Crippen molar-refractivity contribution < 1.29 is 24.2 Å². The molecule has 2 atom stereocenters. The van der Waals surface area contributed by atoms with Crippen molar-refractivity contribution in [3.05, 3.63) is 59.7 Å². The third kappa shape index (κ3) is 4.61. The van der Waals surface area contributed by atoms with E-state index in [1.165, 1.54) is 0 Å². The summed E-state index contributed by atoms with van der Waals surface area (Å²) in [6.07, 6.45) is -0.101. The topological polar surface area (TPSA) is 105 Å². The number of hydrogen-bond donors (Lipinski definition) is 3. The van der Waals surface area contributed by atoms with E-state index in [0.29, 0.717) is 0 Å². The van der Waals surface area contributed by atoms with Crippen LogP contribution in [0.2, 0.25) is 0 Å². The standard InChI is InChI=1S/C25H28N2O5/c1-25(2)13-21(25)27-23(30)20(11-12-22(28)29)26-24(31)32-14-19-17-9-5-3-7-15(17)16-8-4-6-10-18(16)19/h3-10,19-21H,11-14H2,1-2H3,(H,26,31)(H,27,30)(H,28,29). The van der Waals surface area contributed by atoms with Gasteiger partial charge in [0.25, 0.3) is 0 Å². The zero-order chi connectivity index (χ0) is 22.9. The van der Waals surface area contributed by atoms with Gasteiger partial charge in [0.2, 0.25) is 5.91 Å². The molecule has 2 amide bonds. The quantitative estimate of drug-likeness (QED) is 0.586. The van der Waals surface area contributed by atoms with Gasteiger partial charge in [0.05, 0.1) is 0 Å². The normalized spacial score (nSPS) is 18.8. The van der Waals surface area contributed by atoms with Crippen LogP contribution in [0, 0.1) is 5.41 Å². The highest BCUT2D eigenvalue weighted by atomic mass is 16.5. The Morgan fingerprint density at radius 1 is 1.06 bits per heavy atom. The zero-order valence-electron chi connectivity index (χ0n) is 18.3. The molecule has 0 heterocycles. The van der Waals surface area contributed by atoms with E-state index in [4.69, 9.17) is 9.84 Å². The van der Waals surface area contributed by atoms with Gasteiger partial charge in [-0.2, -0.15) is 0 Å². The second-order valence-corrected chi connectivity index (χ2v) is 9.21. The van der Waals surface area contributed by atoms with Crippen molar-refractivity contribution in [3.8, 4) is 11.1 Å². The minimum Gasteiger partial charge on any atom is -0.481 e. The van der Waals surface area contributed by atoms with E-state index in [0.717, 1.165) is 28.7 Å². The lowest BCUT2D eigenvalue weighted by Gasteiger charge is -2.20. The average molecular weight is 437 g/mol. The number of carbonyl (C=O) groups is 3. The Bertz CT molecular complexity index is 1000. The van der Waals surface area contributed by atoms with Crippen LogP contribution in [-0.2, 0) is 14.3 Å². The minimum absolute atomic E-state index is 0.00148. The maximum absolute atomic E-state index is 12.6. The molecule has 4 rings (SSSR count). The lowest BCUT2D eigenvalue weighted by atomic mass is 9.98. The number of fused-ring (bicyclic) bond motifs is 3. The van der Waals surface area contributed by atoms with E-state index in [1.54, 1.807) is 0 Å². The number of ether oxygens (including phenoxy) is 1. The molecule has 7 nitrogen and oxygen atoms in total. The van der Waals surface area contributed by atoms with Crippen molar-refractivity contribution in [1.29, 1.82) is 0 Å². The Balaban J connectivity index is 1.40. The second kappa shape index (κ2) is 8.65. The van der Waals surface area contributed by atoms with E-state index in [-0.39, 0.29) is 42.7 Å².